The largest absolute Gasteiger partial charge is 0.397 e. The molecule has 1 heterocycles. The van der Waals surface area contributed by atoms with Gasteiger partial charge < -0.3 is 11.1 Å². The Morgan fingerprint density at radius 3 is 2.71 bits per heavy atom. The summed E-state index contributed by atoms with van der Waals surface area (Å²) in [5.74, 6) is -0.217. The maximum Gasteiger partial charge on any atom is 0.273 e. The second-order valence-corrected chi connectivity index (χ2v) is 3.84. The van der Waals surface area contributed by atoms with Crippen LogP contribution in [0.25, 0.3) is 0 Å². The van der Waals surface area contributed by atoms with E-state index >= 15 is 0 Å². The lowest BCUT2D eigenvalue weighted by molar-refractivity contribution is 0.101. The molecule has 0 saturated carbocycles. The van der Waals surface area contributed by atoms with Crippen molar-refractivity contribution in [1.82, 2.24) is 9.78 Å². The molecule has 0 fully saturated rings. The molecule has 1 amide bonds. The fourth-order valence-electron chi connectivity index (χ4n) is 1.62. The summed E-state index contributed by atoms with van der Waals surface area (Å²) in [6, 6.07) is 8.87. The minimum absolute atomic E-state index is 0.217. The van der Waals surface area contributed by atoms with Gasteiger partial charge in [0.25, 0.3) is 5.91 Å². The van der Waals surface area contributed by atoms with Crippen LogP contribution in [0.3, 0.4) is 0 Å². The molecule has 2 rings (SSSR count). The second kappa shape index (κ2) is 4.29. The Balaban J connectivity index is 2.23. The second-order valence-electron chi connectivity index (χ2n) is 3.84. The summed E-state index contributed by atoms with van der Waals surface area (Å²) in [6.07, 6.45) is 0. The number of hydrogen-bond acceptors (Lipinski definition) is 3. The number of rotatable bonds is 2. The van der Waals surface area contributed by atoms with E-state index in [9.17, 15) is 4.79 Å². The average Bonchev–Trinajstić information content (AvgIpc) is 2.61. The standard InChI is InChI=1S/C12H14N4O/c1-8-7-11(16(2)15-8)12(17)14-10-6-4-3-5-9(10)13/h3-7H,13H2,1-2H3,(H,14,17). The van der Waals surface area contributed by atoms with Gasteiger partial charge in [0, 0.05) is 7.05 Å². The molecule has 17 heavy (non-hydrogen) atoms. The molecule has 0 bridgehead atoms. The number of nitrogens with one attached hydrogen (secondary N) is 1. The van der Waals surface area contributed by atoms with Crippen LogP contribution >= 0.6 is 0 Å². The van der Waals surface area contributed by atoms with Gasteiger partial charge in [0.1, 0.15) is 5.69 Å². The topological polar surface area (TPSA) is 72.9 Å². The highest BCUT2D eigenvalue weighted by atomic mass is 16.2. The Kier molecular flexibility index (Phi) is 2.82. The first-order chi connectivity index (χ1) is 8.08. The number of benzene rings is 1. The predicted octanol–water partition coefficient (Wildman–Crippen LogP) is 1.56. The van der Waals surface area contributed by atoms with Crippen molar-refractivity contribution in [3.05, 3.63) is 41.7 Å². The molecule has 0 aliphatic carbocycles. The number of carbonyl (C=O) groups is 1. The van der Waals surface area contributed by atoms with Crippen molar-refractivity contribution in [2.24, 2.45) is 7.05 Å². The minimum atomic E-state index is -0.217. The molecule has 5 nitrogen and oxygen atoms in total. The van der Waals surface area contributed by atoms with Crippen LogP contribution in [-0.4, -0.2) is 15.7 Å². The molecule has 2 aromatic rings. The molecule has 0 atom stereocenters. The normalized spacial score (nSPS) is 10.2. The van der Waals surface area contributed by atoms with Gasteiger partial charge in [-0.2, -0.15) is 5.10 Å². The van der Waals surface area contributed by atoms with Gasteiger partial charge in [-0.05, 0) is 25.1 Å². The Labute approximate surface area is 99.2 Å². The number of para-hydroxylation sites is 2. The lowest BCUT2D eigenvalue weighted by atomic mass is 10.2. The third kappa shape index (κ3) is 2.28. The third-order valence-electron chi connectivity index (χ3n) is 2.44. The van der Waals surface area contributed by atoms with Crippen molar-refractivity contribution >= 4 is 17.3 Å². The SMILES string of the molecule is Cc1cc(C(=O)Nc2ccccc2N)n(C)n1. The summed E-state index contributed by atoms with van der Waals surface area (Å²) in [7, 11) is 1.73. The van der Waals surface area contributed by atoms with E-state index in [4.69, 9.17) is 5.73 Å². The summed E-state index contributed by atoms with van der Waals surface area (Å²) in [6.45, 7) is 1.84. The van der Waals surface area contributed by atoms with Crippen molar-refractivity contribution in [1.29, 1.82) is 0 Å². The van der Waals surface area contributed by atoms with E-state index < -0.39 is 0 Å². The lowest BCUT2D eigenvalue weighted by Crippen LogP contribution is -2.16. The molecule has 5 heteroatoms. The van der Waals surface area contributed by atoms with Crippen LogP contribution < -0.4 is 11.1 Å². The molecule has 3 N–H and O–H groups in total. The van der Waals surface area contributed by atoms with Crippen LogP contribution in [0, 0.1) is 6.92 Å². The van der Waals surface area contributed by atoms with Gasteiger partial charge in [0.05, 0.1) is 17.1 Å². The number of nitrogens with zero attached hydrogens (tertiary/aromatic N) is 2. The molecular weight excluding hydrogens is 216 g/mol. The monoisotopic (exact) mass is 230 g/mol. The van der Waals surface area contributed by atoms with E-state index in [1.165, 1.54) is 0 Å². The summed E-state index contributed by atoms with van der Waals surface area (Å²) in [5, 5.41) is 6.88. The maximum absolute atomic E-state index is 12.0. The highest BCUT2D eigenvalue weighted by Gasteiger charge is 2.12. The zero-order valence-electron chi connectivity index (χ0n) is 9.77. The van der Waals surface area contributed by atoms with Crippen molar-refractivity contribution < 1.29 is 4.79 Å². The fraction of sp³-hybridized carbons (Fsp3) is 0.167. The smallest absolute Gasteiger partial charge is 0.273 e. The molecule has 0 spiro atoms. The molecular formula is C12H14N4O. The van der Waals surface area contributed by atoms with E-state index in [1.807, 2.05) is 19.1 Å². The maximum atomic E-state index is 12.0. The van der Waals surface area contributed by atoms with Crippen LogP contribution in [0.15, 0.2) is 30.3 Å². The zero-order chi connectivity index (χ0) is 12.4. The molecule has 0 aliphatic heterocycles. The van der Waals surface area contributed by atoms with Crippen LogP contribution in [-0.2, 0) is 7.05 Å². The van der Waals surface area contributed by atoms with Crippen molar-refractivity contribution in [3.63, 3.8) is 0 Å². The summed E-state index contributed by atoms with van der Waals surface area (Å²) >= 11 is 0. The first-order valence-electron chi connectivity index (χ1n) is 5.24. The fourth-order valence-corrected chi connectivity index (χ4v) is 1.62. The first-order valence-corrected chi connectivity index (χ1v) is 5.24. The highest BCUT2D eigenvalue weighted by Crippen LogP contribution is 2.17. The molecule has 0 aliphatic rings. The number of anilines is 2. The Hall–Kier alpha value is -2.30. The van der Waals surface area contributed by atoms with Gasteiger partial charge in [-0.15, -0.1) is 0 Å². The highest BCUT2D eigenvalue weighted by molar-refractivity contribution is 6.04. The summed E-state index contributed by atoms with van der Waals surface area (Å²) in [4.78, 5) is 12.0. The zero-order valence-corrected chi connectivity index (χ0v) is 9.77. The molecule has 1 aromatic heterocycles. The Morgan fingerprint density at radius 1 is 1.41 bits per heavy atom. The Morgan fingerprint density at radius 2 is 2.12 bits per heavy atom. The van der Waals surface area contributed by atoms with Gasteiger partial charge in [-0.1, -0.05) is 12.1 Å². The van der Waals surface area contributed by atoms with E-state index in [-0.39, 0.29) is 5.91 Å². The number of aryl methyl sites for hydroxylation is 2. The summed E-state index contributed by atoms with van der Waals surface area (Å²) in [5.41, 5.74) is 8.21. The minimum Gasteiger partial charge on any atom is -0.397 e. The third-order valence-corrected chi connectivity index (χ3v) is 2.44. The number of amides is 1. The van der Waals surface area contributed by atoms with Crippen LogP contribution in [0.2, 0.25) is 0 Å². The van der Waals surface area contributed by atoms with E-state index in [0.717, 1.165) is 5.69 Å². The van der Waals surface area contributed by atoms with Crippen LogP contribution in [0.1, 0.15) is 16.2 Å². The molecule has 0 saturated heterocycles. The van der Waals surface area contributed by atoms with Crippen LogP contribution in [0.4, 0.5) is 11.4 Å². The average molecular weight is 230 g/mol. The van der Waals surface area contributed by atoms with E-state index in [1.54, 1.807) is 29.9 Å². The van der Waals surface area contributed by atoms with Crippen molar-refractivity contribution in [3.8, 4) is 0 Å². The van der Waals surface area contributed by atoms with E-state index in [2.05, 4.69) is 10.4 Å². The Bertz CT molecular complexity index is 559. The predicted molar refractivity (Wildman–Crippen MR) is 66.8 cm³/mol. The van der Waals surface area contributed by atoms with Crippen molar-refractivity contribution in [2.75, 3.05) is 11.1 Å². The van der Waals surface area contributed by atoms with Gasteiger partial charge >= 0.3 is 0 Å². The first kappa shape index (κ1) is 11.2. The quantitative estimate of drug-likeness (QED) is 0.769. The van der Waals surface area contributed by atoms with E-state index in [0.29, 0.717) is 17.1 Å². The number of aromatic nitrogens is 2. The number of hydrogen-bond donors (Lipinski definition) is 2. The van der Waals surface area contributed by atoms with Gasteiger partial charge in [0.2, 0.25) is 0 Å². The van der Waals surface area contributed by atoms with Gasteiger partial charge in [0.15, 0.2) is 0 Å². The van der Waals surface area contributed by atoms with Gasteiger partial charge in [-0.25, -0.2) is 0 Å². The van der Waals surface area contributed by atoms with Gasteiger partial charge in [-0.3, -0.25) is 9.48 Å². The molecule has 0 unspecified atom stereocenters. The molecule has 1 aromatic carbocycles. The van der Waals surface area contributed by atoms with Crippen LogP contribution in [0.5, 0.6) is 0 Å². The van der Waals surface area contributed by atoms with Crippen molar-refractivity contribution in [2.45, 2.75) is 6.92 Å². The number of nitrogens with two attached hydrogens (primary N) is 1. The lowest BCUT2D eigenvalue weighted by Gasteiger charge is -2.07. The summed E-state index contributed by atoms with van der Waals surface area (Å²) < 4.78 is 1.55. The molecule has 88 valence electrons. The number of carbonyl (C=O) groups excluding carboxylic acids is 1. The molecule has 0 radical (unpaired) electrons. The number of nitrogen functional groups attached to an aromatic ring is 1.